The van der Waals surface area contributed by atoms with Gasteiger partial charge in [-0.15, -0.1) is 0 Å². The van der Waals surface area contributed by atoms with Crippen LogP contribution in [0.15, 0.2) is 72.8 Å². The summed E-state index contributed by atoms with van der Waals surface area (Å²) in [7, 11) is 0. The summed E-state index contributed by atoms with van der Waals surface area (Å²) in [6.45, 7) is 0.223. The Labute approximate surface area is 150 Å². The molecule has 128 valence electrons. The van der Waals surface area contributed by atoms with Crippen LogP contribution >= 0.6 is 0 Å². The van der Waals surface area contributed by atoms with Crippen LogP contribution in [-0.2, 0) is 0 Å². The number of hydrogen-bond acceptors (Lipinski definition) is 4. The highest BCUT2D eigenvalue weighted by atomic mass is 16.7. The lowest BCUT2D eigenvalue weighted by atomic mass is 10.0. The van der Waals surface area contributed by atoms with E-state index in [1.807, 2.05) is 72.8 Å². The third-order valence-corrected chi connectivity index (χ3v) is 4.67. The number of fused-ring (bicyclic) bond motifs is 2. The second kappa shape index (κ2) is 5.81. The van der Waals surface area contributed by atoms with E-state index in [0.717, 1.165) is 22.7 Å². The fourth-order valence-electron chi connectivity index (χ4n) is 3.42. The highest BCUT2D eigenvalue weighted by Gasteiger charge is 2.34. The summed E-state index contributed by atoms with van der Waals surface area (Å²) in [4.78, 5) is 15.0. The van der Waals surface area contributed by atoms with Crippen molar-refractivity contribution < 1.29 is 14.3 Å². The highest BCUT2D eigenvalue weighted by Crippen LogP contribution is 2.40. The van der Waals surface area contributed by atoms with Crippen LogP contribution in [0.25, 0.3) is 0 Å². The number of amides is 1. The van der Waals surface area contributed by atoms with Gasteiger partial charge in [0.25, 0.3) is 5.91 Å². The van der Waals surface area contributed by atoms with Gasteiger partial charge in [0, 0.05) is 11.4 Å². The number of hydrogen-bond donors (Lipinski definition) is 1. The fourth-order valence-corrected chi connectivity index (χ4v) is 3.42. The van der Waals surface area contributed by atoms with E-state index in [0.29, 0.717) is 11.3 Å². The SMILES string of the molecule is O=C1c2ccccc2N[C@H](c2ccc3c(c2)OCO3)N1c1ccccc1. The molecule has 0 unspecified atom stereocenters. The molecule has 26 heavy (non-hydrogen) atoms. The van der Waals surface area contributed by atoms with Crippen LogP contribution in [0.4, 0.5) is 11.4 Å². The van der Waals surface area contributed by atoms with Crippen molar-refractivity contribution in [2.24, 2.45) is 0 Å². The zero-order chi connectivity index (χ0) is 17.5. The maximum absolute atomic E-state index is 13.3. The van der Waals surface area contributed by atoms with Crippen molar-refractivity contribution in [2.45, 2.75) is 6.17 Å². The molecule has 0 saturated heterocycles. The van der Waals surface area contributed by atoms with Crippen LogP contribution < -0.4 is 19.7 Å². The Morgan fingerprint density at radius 3 is 2.54 bits per heavy atom. The number of nitrogens with one attached hydrogen (secondary N) is 1. The first-order chi connectivity index (χ1) is 12.8. The molecular weight excluding hydrogens is 328 g/mol. The number of para-hydroxylation sites is 2. The maximum atomic E-state index is 13.3. The van der Waals surface area contributed by atoms with Crippen molar-refractivity contribution in [3.05, 3.63) is 83.9 Å². The van der Waals surface area contributed by atoms with E-state index in [1.165, 1.54) is 0 Å². The average Bonchev–Trinajstić information content (AvgIpc) is 3.16. The van der Waals surface area contributed by atoms with E-state index in [-0.39, 0.29) is 18.9 Å². The smallest absolute Gasteiger partial charge is 0.262 e. The molecule has 1 N–H and O–H groups in total. The normalized spacial score (nSPS) is 17.6. The molecule has 0 fully saturated rings. The monoisotopic (exact) mass is 344 g/mol. The lowest BCUT2D eigenvalue weighted by molar-refractivity contribution is 0.0975. The lowest BCUT2D eigenvalue weighted by Crippen LogP contribution is -2.43. The largest absolute Gasteiger partial charge is 0.454 e. The summed E-state index contributed by atoms with van der Waals surface area (Å²) in [6.07, 6.45) is -0.339. The molecule has 5 nitrogen and oxygen atoms in total. The minimum Gasteiger partial charge on any atom is -0.454 e. The summed E-state index contributed by atoms with van der Waals surface area (Å²) in [5.74, 6) is 1.39. The molecule has 0 spiro atoms. The molecule has 3 aromatic carbocycles. The van der Waals surface area contributed by atoms with Crippen molar-refractivity contribution in [2.75, 3.05) is 17.0 Å². The fraction of sp³-hybridized carbons (Fsp3) is 0.0952. The summed E-state index contributed by atoms with van der Waals surface area (Å²) >= 11 is 0. The Morgan fingerprint density at radius 1 is 0.885 bits per heavy atom. The second-order valence-electron chi connectivity index (χ2n) is 6.22. The van der Waals surface area contributed by atoms with Crippen LogP contribution in [0.3, 0.4) is 0 Å². The lowest BCUT2D eigenvalue weighted by Gasteiger charge is -2.38. The minimum atomic E-state index is -0.339. The number of carbonyl (C=O) groups is 1. The molecule has 0 aliphatic carbocycles. The molecule has 1 atom stereocenters. The Hall–Kier alpha value is -3.47. The van der Waals surface area contributed by atoms with Gasteiger partial charge in [0.2, 0.25) is 6.79 Å². The zero-order valence-electron chi connectivity index (χ0n) is 13.9. The molecule has 0 aromatic heterocycles. The van der Waals surface area contributed by atoms with Crippen molar-refractivity contribution in [1.29, 1.82) is 0 Å². The molecular formula is C21H16N2O3. The molecule has 0 saturated carbocycles. The van der Waals surface area contributed by atoms with Gasteiger partial charge in [-0.05, 0) is 42.0 Å². The van der Waals surface area contributed by atoms with Gasteiger partial charge in [0.15, 0.2) is 11.5 Å². The third kappa shape index (κ3) is 2.29. The van der Waals surface area contributed by atoms with Crippen LogP contribution in [0, 0.1) is 0 Å². The van der Waals surface area contributed by atoms with E-state index in [2.05, 4.69) is 5.32 Å². The third-order valence-electron chi connectivity index (χ3n) is 4.67. The molecule has 3 aromatic rings. The number of nitrogens with zero attached hydrogens (tertiary/aromatic N) is 1. The summed E-state index contributed by atoms with van der Waals surface area (Å²) in [6, 6.07) is 23.0. The summed E-state index contributed by atoms with van der Waals surface area (Å²) < 4.78 is 10.9. The van der Waals surface area contributed by atoms with Gasteiger partial charge < -0.3 is 14.8 Å². The van der Waals surface area contributed by atoms with Crippen molar-refractivity contribution >= 4 is 17.3 Å². The zero-order valence-corrected chi connectivity index (χ0v) is 13.9. The Balaban J connectivity index is 1.65. The van der Waals surface area contributed by atoms with Crippen molar-refractivity contribution in [1.82, 2.24) is 0 Å². The van der Waals surface area contributed by atoms with Gasteiger partial charge in [0.1, 0.15) is 6.17 Å². The predicted molar refractivity (Wildman–Crippen MR) is 98.6 cm³/mol. The van der Waals surface area contributed by atoms with Gasteiger partial charge in [0.05, 0.1) is 5.56 Å². The molecule has 2 aliphatic rings. The van der Waals surface area contributed by atoms with Crippen LogP contribution in [0.1, 0.15) is 22.1 Å². The summed E-state index contributed by atoms with van der Waals surface area (Å²) in [5.41, 5.74) is 3.25. The molecule has 2 aliphatic heterocycles. The maximum Gasteiger partial charge on any atom is 0.262 e. The van der Waals surface area contributed by atoms with Gasteiger partial charge in [-0.25, -0.2) is 0 Å². The first kappa shape index (κ1) is 14.8. The van der Waals surface area contributed by atoms with Crippen molar-refractivity contribution in [3.63, 3.8) is 0 Å². The molecule has 2 heterocycles. The first-order valence-corrected chi connectivity index (χ1v) is 8.45. The molecule has 5 heteroatoms. The minimum absolute atomic E-state index is 0.0341. The van der Waals surface area contributed by atoms with Gasteiger partial charge in [-0.1, -0.05) is 36.4 Å². The number of anilines is 2. The van der Waals surface area contributed by atoms with Gasteiger partial charge >= 0.3 is 0 Å². The Kier molecular flexibility index (Phi) is 3.31. The van der Waals surface area contributed by atoms with E-state index >= 15 is 0 Å². The molecule has 0 radical (unpaired) electrons. The van der Waals surface area contributed by atoms with E-state index < -0.39 is 0 Å². The number of benzene rings is 3. The van der Waals surface area contributed by atoms with Crippen molar-refractivity contribution in [3.8, 4) is 11.5 Å². The number of carbonyl (C=O) groups excluding carboxylic acids is 1. The Bertz CT molecular complexity index is 988. The number of rotatable bonds is 2. The highest BCUT2D eigenvalue weighted by molar-refractivity contribution is 6.12. The first-order valence-electron chi connectivity index (χ1n) is 8.45. The van der Waals surface area contributed by atoms with E-state index in [4.69, 9.17) is 9.47 Å². The van der Waals surface area contributed by atoms with Gasteiger partial charge in [-0.3, -0.25) is 9.69 Å². The van der Waals surface area contributed by atoms with Crippen LogP contribution in [0.5, 0.6) is 11.5 Å². The Morgan fingerprint density at radius 2 is 1.65 bits per heavy atom. The predicted octanol–water partition coefficient (Wildman–Crippen LogP) is 4.19. The standard InChI is InChI=1S/C21H16N2O3/c24-21-16-8-4-5-9-17(16)22-20(23(21)15-6-2-1-3-7-15)14-10-11-18-19(12-14)26-13-25-18/h1-12,20,22H,13H2/t20-/m0/s1. The topological polar surface area (TPSA) is 50.8 Å². The van der Waals surface area contributed by atoms with Crippen LogP contribution in [-0.4, -0.2) is 12.7 Å². The average molecular weight is 344 g/mol. The van der Waals surface area contributed by atoms with E-state index in [1.54, 1.807) is 4.90 Å². The number of ether oxygens (including phenoxy) is 2. The summed E-state index contributed by atoms with van der Waals surface area (Å²) in [5, 5.41) is 3.49. The molecule has 0 bridgehead atoms. The molecule has 1 amide bonds. The van der Waals surface area contributed by atoms with E-state index in [9.17, 15) is 4.79 Å². The van der Waals surface area contributed by atoms with Crippen LogP contribution in [0.2, 0.25) is 0 Å². The van der Waals surface area contributed by atoms with Gasteiger partial charge in [-0.2, -0.15) is 0 Å². The quantitative estimate of drug-likeness (QED) is 0.757. The second-order valence-corrected chi connectivity index (χ2v) is 6.22. The molecule has 5 rings (SSSR count).